The van der Waals surface area contributed by atoms with Gasteiger partial charge in [-0.1, -0.05) is 12.1 Å². The fourth-order valence-corrected chi connectivity index (χ4v) is 2.89. The number of aromatic nitrogens is 2. The number of nitrogens with zero attached hydrogens (tertiary/aromatic N) is 2. The van der Waals surface area contributed by atoms with Crippen LogP contribution in [0.5, 0.6) is 0 Å². The highest BCUT2D eigenvalue weighted by Crippen LogP contribution is 2.40. The van der Waals surface area contributed by atoms with Gasteiger partial charge in [-0.05, 0) is 18.6 Å². The summed E-state index contributed by atoms with van der Waals surface area (Å²) in [6.07, 6.45) is -3.94. The van der Waals surface area contributed by atoms with E-state index >= 15 is 0 Å². The number of carbonyl (C=O) groups is 1. The fourth-order valence-electron chi connectivity index (χ4n) is 2.89. The van der Waals surface area contributed by atoms with Crippen LogP contribution in [0.2, 0.25) is 0 Å². The molecule has 0 aliphatic carbocycles. The SMILES string of the molecule is Cc1ccc(C(O)(C(N)=O)C(F)(F)F)cc1-c1cnc(N)c(C2CNC2)n1.Cl. The summed E-state index contributed by atoms with van der Waals surface area (Å²) < 4.78 is 40.0. The van der Waals surface area contributed by atoms with Crippen LogP contribution in [0, 0.1) is 6.92 Å². The van der Waals surface area contributed by atoms with Gasteiger partial charge in [-0.15, -0.1) is 12.4 Å². The molecule has 1 aliphatic rings. The number of nitrogens with two attached hydrogens (primary N) is 2. The number of amides is 1. The highest BCUT2D eigenvalue weighted by atomic mass is 35.5. The molecule has 7 nitrogen and oxygen atoms in total. The van der Waals surface area contributed by atoms with Gasteiger partial charge in [0.1, 0.15) is 5.82 Å². The van der Waals surface area contributed by atoms with Crippen molar-refractivity contribution >= 4 is 24.1 Å². The molecule has 1 amide bonds. The van der Waals surface area contributed by atoms with Gasteiger partial charge in [0.15, 0.2) is 0 Å². The van der Waals surface area contributed by atoms with E-state index in [9.17, 15) is 23.1 Å². The van der Waals surface area contributed by atoms with Crippen LogP contribution in [0.1, 0.15) is 22.7 Å². The van der Waals surface area contributed by atoms with Crippen LogP contribution in [0.3, 0.4) is 0 Å². The molecule has 2 aromatic rings. The minimum Gasteiger partial charge on any atom is -0.382 e. The Hall–Kier alpha value is -2.43. The van der Waals surface area contributed by atoms with Crippen LogP contribution >= 0.6 is 12.4 Å². The van der Waals surface area contributed by atoms with E-state index in [-0.39, 0.29) is 29.7 Å². The lowest BCUT2D eigenvalue weighted by molar-refractivity contribution is -0.255. The van der Waals surface area contributed by atoms with Gasteiger partial charge < -0.3 is 21.9 Å². The van der Waals surface area contributed by atoms with Crippen LogP contribution in [0.15, 0.2) is 24.4 Å². The first-order chi connectivity index (χ1) is 12.6. The number of rotatable bonds is 4. The summed E-state index contributed by atoms with van der Waals surface area (Å²) in [6.45, 7) is 3.02. The molecular formula is C17H19ClF3N5O2. The maximum absolute atomic E-state index is 13.3. The number of nitrogen functional groups attached to an aromatic ring is 1. The van der Waals surface area contributed by atoms with E-state index in [1.165, 1.54) is 12.3 Å². The highest BCUT2D eigenvalue weighted by molar-refractivity contribution is 5.86. The molecule has 1 aromatic carbocycles. The number of halogens is 4. The van der Waals surface area contributed by atoms with Gasteiger partial charge in [0, 0.05) is 30.1 Å². The molecule has 1 atom stereocenters. The summed E-state index contributed by atoms with van der Waals surface area (Å²) in [5, 5.41) is 13.1. The van der Waals surface area contributed by atoms with Crippen LogP contribution in [-0.4, -0.2) is 40.2 Å². The zero-order valence-corrected chi connectivity index (χ0v) is 15.6. The molecule has 1 aliphatic heterocycles. The molecular weight excluding hydrogens is 399 g/mol. The van der Waals surface area contributed by atoms with Crippen LogP contribution in [0.25, 0.3) is 11.3 Å². The van der Waals surface area contributed by atoms with Gasteiger partial charge >= 0.3 is 6.18 Å². The standard InChI is InChI=1S/C17H18F3N5O2.ClH/c1-8-2-3-10(16(27,15(22)26)17(18,19)20)4-11(8)12-7-24-14(21)13(25-12)9-5-23-6-9;/h2-4,7,9,23,27H,5-6H2,1H3,(H2,21,24)(H2,22,26);1H. The molecule has 0 bridgehead atoms. The second kappa shape index (κ2) is 7.53. The van der Waals surface area contributed by atoms with Crippen LogP contribution in [-0.2, 0) is 10.4 Å². The maximum atomic E-state index is 13.3. The molecule has 1 aromatic heterocycles. The van der Waals surface area contributed by atoms with Gasteiger partial charge in [0.25, 0.3) is 11.5 Å². The number of aryl methyl sites for hydroxylation is 1. The number of nitrogens with one attached hydrogen (secondary N) is 1. The second-order valence-corrected chi connectivity index (χ2v) is 6.48. The fraction of sp³-hybridized carbons (Fsp3) is 0.353. The number of anilines is 1. The van der Waals surface area contributed by atoms with Gasteiger partial charge in [0.05, 0.1) is 17.6 Å². The summed E-state index contributed by atoms with van der Waals surface area (Å²) in [5.74, 6) is -1.59. The van der Waals surface area contributed by atoms with Crippen LogP contribution in [0.4, 0.5) is 19.0 Å². The Labute approximate surface area is 164 Å². The van der Waals surface area contributed by atoms with E-state index < -0.39 is 23.2 Å². The predicted octanol–water partition coefficient (Wildman–Crippen LogP) is 1.38. The largest absolute Gasteiger partial charge is 0.430 e. The summed E-state index contributed by atoms with van der Waals surface area (Å²) >= 11 is 0. The summed E-state index contributed by atoms with van der Waals surface area (Å²) in [4.78, 5) is 20.0. The van der Waals surface area contributed by atoms with Crippen LogP contribution < -0.4 is 16.8 Å². The van der Waals surface area contributed by atoms with Crippen molar-refractivity contribution < 1.29 is 23.1 Å². The first-order valence-electron chi connectivity index (χ1n) is 8.09. The lowest BCUT2D eigenvalue weighted by Gasteiger charge is -2.28. The Balaban J connectivity index is 0.00000280. The third-order valence-electron chi connectivity index (χ3n) is 4.70. The summed E-state index contributed by atoms with van der Waals surface area (Å²) in [5.41, 5.74) is 7.95. The number of hydrogen-bond donors (Lipinski definition) is 4. The Bertz CT molecular complexity index is 905. The smallest absolute Gasteiger partial charge is 0.382 e. The lowest BCUT2D eigenvalue weighted by Crippen LogP contribution is -2.52. The van der Waals surface area contributed by atoms with Crippen molar-refractivity contribution in [2.75, 3.05) is 18.8 Å². The highest BCUT2D eigenvalue weighted by Gasteiger charge is 2.60. The average Bonchev–Trinajstić information content (AvgIpc) is 2.54. The van der Waals surface area contributed by atoms with Gasteiger partial charge in [0.2, 0.25) is 0 Å². The molecule has 0 saturated carbocycles. The Kier molecular flexibility index (Phi) is 5.88. The average molecular weight is 418 g/mol. The molecule has 1 saturated heterocycles. The summed E-state index contributed by atoms with van der Waals surface area (Å²) in [6, 6.07) is 3.42. The zero-order valence-electron chi connectivity index (χ0n) is 14.7. The molecule has 28 heavy (non-hydrogen) atoms. The molecule has 1 fully saturated rings. The van der Waals surface area contributed by atoms with Crippen molar-refractivity contribution in [3.8, 4) is 11.3 Å². The molecule has 3 rings (SSSR count). The molecule has 2 heterocycles. The van der Waals surface area contributed by atoms with Crippen molar-refractivity contribution in [2.24, 2.45) is 5.73 Å². The predicted molar refractivity (Wildman–Crippen MR) is 98.6 cm³/mol. The van der Waals surface area contributed by atoms with Crippen molar-refractivity contribution in [2.45, 2.75) is 24.6 Å². The van der Waals surface area contributed by atoms with Gasteiger partial charge in [-0.3, -0.25) is 4.79 Å². The molecule has 6 N–H and O–H groups in total. The van der Waals surface area contributed by atoms with Crippen molar-refractivity contribution in [1.82, 2.24) is 15.3 Å². The van der Waals surface area contributed by atoms with E-state index in [0.717, 1.165) is 12.1 Å². The first kappa shape index (κ1) is 21.9. The molecule has 0 spiro atoms. The van der Waals surface area contributed by atoms with E-state index in [1.54, 1.807) is 6.92 Å². The minimum absolute atomic E-state index is 0. The first-order valence-corrected chi connectivity index (χ1v) is 8.09. The lowest BCUT2D eigenvalue weighted by atomic mass is 9.89. The minimum atomic E-state index is -5.28. The Morgan fingerprint density at radius 2 is 1.96 bits per heavy atom. The van der Waals surface area contributed by atoms with E-state index in [0.29, 0.717) is 30.0 Å². The third-order valence-corrected chi connectivity index (χ3v) is 4.70. The Morgan fingerprint density at radius 1 is 1.32 bits per heavy atom. The number of carbonyl (C=O) groups excluding carboxylic acids is 1. The molecule has 11 heteroatoms. The number of primary amides is 1. The van der Waals surface area contributed by atoms with Crippen molar-refractivity contribution in [1.29, 1.82) is 0 Å². The van der Waals surface area contributed by atoms with Gasteiger partial charge in [-0.2, -0.15) is 13.2 Å². The van der Waals surface area contributed by atoms with Crippen molar-refractivity contribution in [3.05, 3.63) is 41.2 Å². The number of alkyl halides is 3. The normalized spacial score (nSPS) is 16.6. The van der Waals surface area contributed by atoms with E-state index in [4.69, 9.17) is 11.5 Å². The Morgan fingerprint density at radius 3 is 2.46 bits per heavy atom. The number of aliphatic hydroxyl groups is 1. The van der Waals surface area contributed by atoms with E-state index in [1.807, 2.05) is 0 Å². The maximum Gasteiger partial charge on any atom is 0.430 e. The quantitative estimate of drug-likeness (QED) is 0.595. The third kappa shape index (κ3) is 3.50. The van der Waals surface area contributed by atoms with Gasteiger partial charge in [-0.25, -0.2) is 9.97 Å². The van der Waals surface area contributed by atoms with Crippen molar-refractivity contribution in [3.63, 3.8) is 0 Å². The topological polar surface area (TPSA) is 127 Å². The summed E-state index contributed by atoms with van der Waals surface area (Å²) in [7, 11) is 0. The molecule has 152 valence electrons. The number of benzene rings is 1. The zero-order chi connectivity index (χ0) is 20.0. The molecule has 1 unspecified atom stereocenters. The monoisotopic (exact) mass is 417 g/mol. The second-order valence-electron chi connectivity index (χ2n) is 6.48. The van der Waals surface area contributed by atoms with E-state index in [2.05, 4.69) is 15.3 Å². The molecule has 0 radical (unpaired) electrons. The number of hydrogen-bond acceptors (Lipinski definition) is 6.